The lowest BCUT2D eigenvalue weighted by Gasteiger charge is -2.25. The predicted molar refractivity (Wildman–Crippen MR) is 113 cm³/mol. The van der Waals surface area contributed by atoms with Crippen molar-refractivity contribution in [2.45, 2.75) is 6.54 Å². The topological polar surface area (TPSA) is 79.5 Å². The summed E-state index contributed by atoms with van der Waals surface area (Å²) in [6.07, 6.45) is 0. The van der Waals surface area contributed by atoms with Gasteiger partial charge in [-0.2, -0.15) is 0 Å². The van der Waals surface area contributed by atoms with Crippen LogP contribution in [-0.4, -0.2) is 54.2 Å². The SMILES string of the molecule is COc1c(Cl)cc(C(=O)Nc2ccc3nc(CN4CCOCC4)[nH]c3c2)cc1Cl. The highest BCUT2D eigenvalue weighted by Crippen LogP contribution is 2.34. The number of hydrogen-bond acceptors (Lipinski definition) is 5. The van der Waals surface area contributed by atoms with Gasteiger partial charge in [-0.25, -0.2) is 4.98 Å². The minimum atomic E-state index is -0.316. The van der Waals surface area contributed by atoms with Crippen LogP contribution in [-0.2, 0) is 11.3 Å². The van der Waals surface area contributed by atoms with Crippen LogP contribution in [0.2, 0.25) is 10.0 Å². The van der Waals surface area contributed by atoms with Gasteiger partial charge in [0, 0.05) is 24.3 Å². The highest BCUT2D eigenvalue weighted by Gasteiger charge is 2.15. The Morgan fingerprint density at radius 1 is 1.24 bits per heavy atom. The first-order valence-electron chi connectivity index (χ1n) is 9.16. The van der Waals surface area contributed by atoms with E-state index in [0.717, 1.165) is 49.7 Å². The summed E-state index contributed by atoms with van der Waals surface area (Å²) in [6.45, 7) is 4.02. The molecule has 0 aliphatic carbocycles. The molecule has 4 rings (SSSR count). The summed E-state index contributed by atoms with van der Waals surface area (Å²) in [6, 6.07) is 8.59. The Morgan fingerprint density at radius 2 is 1.97 bits per heavy atom. The molecule has 7 nitrogen and oxygen atoms in total. The van der Waals surface area contributed by atoms with Gasteiger partial charge in [-0.05, 0) is 30.3 Å². The number of morpholine rings is 1. The first kappa shape index (κ1) is 20.0. The number of fused-ring (bicyclic) bond motifs is 1. The van der Waals surface area contributed by atoms with E-state index in [9.17, 15) is 4.79 Å². The molecule has 1 saturated heterocycles. The molecular weight excluding hydrogens is 415 g/mol. The van der Waals surface area contributed by atoms with E-state index < -0.39 is 0 Å². The van der Waals surface area contributed by atoms with E-state index in [2.05, 4.69) is 20.2 Å². The molecule has 152 valence electrons. The maximum Gasteiger partial charge on any atom is 0.255 e. The number of nitrogens with zero attached hydrogens (tertiary/aromatic N) is 2. The number of nitrogens with one attached hydrogen (secondary N) is 2. The van der Waals surface area contributed by atoms with E-state index in [1.807, 2.05) is 18.2 Å². The number of carbonyl (C=O) groups is 1. The van der Waals surface area contributed by atoms with Gasteiger partial charge in [0.15, 0.2) is 5.75 Å². The number of benzene rings is 2. The van der Waals surface area contributed by atoms with Crippen molar-refractivity contribution in [3.63, 3.8) is 0 Å². The van der Waals surface area contributed by atoms with Gasteiger partial charge in [-0.1, -0.05) is 23.2 Å². The molecule has 2 heterocycles. The molecular formula is C20H20Cl2N4O3. The molecule has 1 fully saturated rings. The molecule has 2 aromatic carbocycles. The molecule has 1 aliphatic rings. The number of amides is 1. The molecule has 2 N–H and O–H groups in total. The first-order chi connectivity index (χ1) is 14.0. The fourth-order valence-corrected chi connectivity index (χ4v) is 3.92. The lowest BCUT2D eigenvalue weighted by Crippen LogP contribution is -2.35. The first-order valence-corrected chi connectivity index (χ1v) is 9.92. The lowest BCUT2D eigenvalue weighted by molar-refractivity contribution is 0.0332. The summed E-state index contributed by atoms with van der Waals surface area (Å²) in [5.41, 5.74) is 2.70. The number of methoxy groups -OCH3 is 1. The smallest absolute Gasteiger partial charge is 0.255 e. The van der Waals surface area contributed by atoms with E-state index >= 15 is 0 Å². The van der Waals surface area contributed by atoms with E-state index in [1.165, 1.54) is 19.2 Å². The summed E-state index contributed by atoms with van der Waals surface area (Å²) >= 11 is 12.3. The Labute approximate surface area is 177 Å². The molecule has 0 unspecified atom stereocenters. The van der Waals surface area contributed by atoms with Crippen molar-refractivity contribution in [1.29, 1.82) is 0 Å². The third-order valence-corrected chi connectivity index (χ3v) is 5.29. The van der Waals surface area contributed by atoms with E-state index in [1.54, 1.807) is 0 Å². The van der Waals surface area contributed by atoms with Gasteiger partial charge in [0.05, 0.1) is 47.9 Å². The van der Waals surface area contributed by atoms with Crippen LogP contribution >= 0.6 is 23.2 Å². The summed E-state index contributed by atoms with van der Waals surface area (Å²) < 4.78 is 10.5. The zero-order valence-electron chi connectivity index (χ0n) is 15.8. The van der Waals surface area contributed by atoms with Gasteiger partial charge in [0.2, 0.25) is 0 Å². The maximum atomic E-state index is 12.6. The Balaban J connectivity index is 1.50. The van der Waals surface area contributed by atoms with Crippen LogP contribution in [0.15, 0.2) is 30.3 Å². The van der Waals surface area contributed by atoms with Gasteiger partial charge in [0.25, 0.3) is 5.91 Å². The molecule has 0 radical (unpaired) electrons. The van der Waals surface area contributed by atoms with Gasteiger partial charge in [-0.15, -0.1) is 0 Å². The number of rotatable bonds is 5. The number of aromatic amines is 1. The minimum absolute atomic E-state index is 0.280. The highest BCUT2D eigenvalue weighted by atomic mass is 35.5. The van der Waals surface area contributed by atoms with Gasteiger partial charge >= 0.3 is 0 Å². The molecule has 9 heteroatoms. The van der Waals surface area contributed by atoms with Crippen molar-refractivity contribution < 1.29 is 14.3 Å². The van der Waals surface area contributed by atoms with Gasteiger partial charge in [0.1, 0.15) is 5.82 Å². The highest BCUT2D eigenvalue weighted by molar-refractivity contribution is 6.37. The summed E-state index contributed by atoms with van der Waals surface area (Å²) in [4.78, 5) is 22.9. The number of aromatic nitrogens is 2. The van der Waals surface area contributed by atoms with Crippen LogP contribution in [0.4, 0.5) is 5.69 Å². The van der Waals surface area contributed by atoms with Crippen LogP contribution < -0.4 is 10.1 Å². The number of halogens is 2. The second kappa shape index (κ2) is 8.59. The van der Waals surface area contributed by atoms with Crippen LogP contribution in [0, 0.1) is 0 Å². The third kappa shape index (κ3) is 4.48. The lowest BCUT2D eigenvalue weighted by atomic mass is 10.2. The van der Waals surface area contributed by atoms with Crippen LogP contribution in [0.25, 0.3) is 11.0 Å². The number of anilines is 1. The van der Waals surface area contributed by atoms with Crippen LogP contribution in [0.3, 0.4) is 0 Å². The van der Waals surface area contributed by atoms with Crippen LogP contribution in [0.5, 0.6) is 5.75 Å². The Kier molecular flexibility index (Phi) is 5.91. The van der Waals surface area contributed by atoms with Crippen molar-refractivity contribution in [3.05, 3.63) is 51.8 Å². The average molecular weight is 435 g/mol. The molecule has 1 aliphatic heterocycles. The number of H-pyrrole nitrogens is 1. The Hall–Kier alpha value is -2.32. The average Bonchev–Trinajstić information content (AvgIpc) is 3.10. The minimum Gasteiger partial charge on any atom is -0.494 e. The molecule has 1 amide bonds. The normalized spacial score (nSPS) is 14.9. The molecule has 29 heavy (non-hydrogen) atoms. The monoisotopic (exact) mass is 434 g/mol. The molecule has 0 atom stereocenters. The number of carbonyl (C=O) groups excluding carboxylic acids is 1. The van der Waals surface area contributed by atoms with Gasteiger partial charge in [-0.3, -0.25) is 9.69 Å². The fourth-order valence-electron chi connectivity index (χ4n) is 3.28. The second-order valence-corrected chi connectivity index (χ2v) is 7.55. The zero-order chi connectivity index (χ0) is 20.4. The summed E-state index contributed by atoms with van der Waals surface area (Å²) in [5.74, 6) is 0.916. The van der Waals surface area contributed by atoms with Crippen molar-refractivity contribution in [1.82, 2.24) is 14.9 Å². The Morgan fingerprint density at radius 3 is 2.66 bits per heavy atom. The standard InChI is InChI=1S/C20H20Cl2N4O3/c1-28-19-14(21)8-12(9-15(19)22)20(27)23-13-2-3-16-17(10-13)25-18(24-16)11-26-4-6-29-7-5-26/h2-3,8-10H,4-7,11H2,1H3,(H,23,27)(H,24,25). The number of imidazole rings is 1. The molecule has 0 spiro atoms. The van der Waals surface area contributed by atoms with Crippen LogP contribution in [0.1, 0.15) is 16.2 Å². The van der Waals surface area contributed by atoms with Gasteiger partial charge < -0.3 is 19.8 Å². The largest absolute Gasteiger partial charge is 0.494 e. The number of ether oxygens (including phenoxy) is 2. The van der Waals surface area contributed by atoms with E-state index in [-0.39, 0.29) is 16.0 Å². The maximum absolute atomic E-state index is 12.6. The quantitative estimate of drug-likeness (QED) is 0.634. The third-order valence-electron chi connectivity index (χ3n) is 4.73. The van der Waals surface area contributed by atoms with Crippen molar-refractivity contribution in [2.24, 2.45) is 0 Å². The van der Waals surface area contributed by atoms with Crippen molar-refractivity contribution in [3.8, 4) is 5.75 Å². The predicted octanol–water partition coefficient (Wildman–Crippen LogP) is 3.96. The molecule has 0 bridgehead atoms. The van der Waals surface area contributed by atoms with E-state index in [4.69, 9.17) is 32.7 Å². The zero-order valence-corrected chi connectivity index (χ0v) is 17.3. The summed E-state index contributed by atoms with van der Waals surface area (Å²) in [7, 11) is 1.47. The van der Waals surface area contributed by atoms with Crippen molar-refractivity contribution >= 4 is 45.8 Å². The fraction of sp³-hybridized carbons (Fsp3) is 0.300. The molecule has 0 saturated carbocycles. The Bertz CT molecular complexity index is 1020. The van der Waals surface area contributed by atoms with E-state index in [0.29, 0.717) is 17.0 Å². The molecule has 3 aromatic rings. The molecule has 1 aromatic heterocycles. The summed E-state index contributed by atoms with van der Waals surface area (Å²) in [5, 5.41) is 3.42. The van der Waals surface area contributed by atoms with Crippen molar-refractivity contribution in [2.75, 3.05) is 38.7 Å². The second-order valence-electron chi connectivity index (χ2n) is 6.73. The number of hydrogen-bond donors (Lipinski definition) is 2.